The first-order chi connectivity index (χ1) is 6.72. The smallest absolute Gasteiger partial charge is 0.263 e. The quantitative estimate of drug-likeness (QED) is 0.791. The molecule has 0 radical (unpaired) electrons. The molecule has 1 aliphatic rings. The van der Waals surface area contributed by atoms with Gasteiger partial charge in [0, 0.05) is 12.2 Å². The lowest BCUT2D eigenvalue weighted by molar-refractivity contribution is 0.151. The van der Waals surface area contributed by atoms with Crippen molar-refractivity contribution in [3.05, 3.63) is 35.4 Å². The fourth-order valence-corrected chi connectivity index (χ4v) is 1.78. The Labute approximate surface area is 81.4 Å². The summed E-state index contributed by atoms with van der Waals surface area (Å²) >= 11 is 0. The van der Waals surface area contributed by atoms with Crippen LogP contribution in [0, 0.1) is 5.92 Å². The first-order valence-electron chi connectivity index (χ1n) is 4.71. The molecule has 0 saturated heterocycles. The average Bonchev–Trinajstić information content (AvgIpc) is 2.97. The average molecular weight is 198 g/mol. The molecule has 2 unspecified atom stereocenters. The maximum absolute atomic E-state index is 12.4. The molecule has 1 N–H and O–H groups in total. The van der Waals surface area contributed by atoms with Gasteiger partial charge in [-0.25, -0.2) is 8.78 Å². The van der Waals surface area contributed by atoms with Gasteiger partial charge in [0.2, 0.25) is 0 Å². The molecule has 1 aromatic rings. The number of aliphatic hydroxyl groups is 1. The Kier molecular flexibility index (Phi) is 2.50. The van der Waals surface area contributed by atoms with E-state index < -0.39 is 6.43 Å². The maximum Gasteiger partial charge on any atom is 0.263 e. The van der Waals surface area contributed by atoms with Gasteiger partial charge < -0.3 is 5.11 Å². The minimum Gasteiger partial charge on any atom is -0.396 e. The second kappa shape index (κ2) is 3.65. The molecule has 0 heterocycles. The number of benzene rings is 1. The normalized spacial score (nSPS) is 25.4. The number of hydrogen-bond acceptors (Lipinski definition) is 1. The number of alkyl halides is 2. The lowest BCUT2D eigenvalue weighted by Crippen LogP contribution is -1.91. The van der Waals surface area contributed by atoms with Gasteiger partial charge in [-0.1, -0.05) is 18.2 Å². The first-order valence-corrected chi connectivity index (χ1v) is 4.71. The van der Waals surface area contributed by atoms with Crippen molar-refractivity contribution < 1.29 is 13.9 Å². The van der Waals surface area contributed by atoms with Crippen LogP contribution < -0.4 is 0 Å². The summed E-state index contributed by atoms with van der Waals surface area (Å²) in [5, 5.41) is 8.87. The number of aliphatic hydroxyl groups excluding tert-OH is 1. The molecule has 2 atom stereocenters. The highest BCUT2D eigenvalue weighted by Gasteiger charge is 2.37. The lowest BCUT2D eigenvalue weighted by atomic mass is 10.1. The van der Waals surface area contributed by atoms with E-state index in [0.29, 0.717) is 5.92 Å². The van der Waals surface area contributed by atoms with Crippen molar-refractivity contribution in [1.82, 2.24) is 0 Å². The molecule has 3 heteroatoms. The molecule has 0 aromatic heterocycles. The van der Waals surface area contributed by atoms with Crippen LogP contribution in [0.1, 0.15) is 29.9 Å². The topological polar surface area (TPSA) is 20.2 Å². The minimum absolute atomic E-state index is 0.0751. The van der Waals surface area contributed by atoms with E-state index in [-0.39, 0.29) is 18.1 Å². The first kappa shape index (κ1) is 9.59. The van der Waals surface area contributed by atoms with Crippen LogP contribution in [0.15, 0.2) is 24.3 Å². The van der Waals surface area contributed by atoms with Crippen molar-refractivity contribution in [3.8, 4) is 0 Å². The van der Waals surface area contributed by atoms with Gasteiger partial charge in [-0.05, 0) is 29.9 Å². The second-order valence-electron chi connectivity index (χ2n) is 3.76. The number of rotatable bonds is 3. The molecule has 2 rings (SSSR count). The van der Waals surface area contributed by atoms with E-state index in [1.165, 1.54) is 6.07 Å². The van der Waals surface area contributed by atoms with Crippen LogP contribution in [0.5, 0.6) is 0 Å². The Morgan fingerprint density at radius 2 is 2.21 bits per heavy atom. The van der Waals surface area contributed by atoms with Crippen LogP contribution in [-0.4, -0.2) is 11.7 Å². The van der Waals surface area contributed by atoms with E-state index in [0.717, 1.165) is 12.0 Å². The van der Waals surface area contributed by atoms with E-state index in [9.17, 15) is 8.78 Å². The molecular formula is C11H12F2O. The Hall–Kier alpha value is -0.960. The van der Waals surface area contributed by atoms with Gasteiger partial charge in [0.15, 0.2) is 0 Å². The molecule has 1 aromatic carbocycles. The van der Waals surface area contributed by atoms with Crippen molar-refractivity contribution in [3.63, 3.8) is 0 Å². The molecule has 1 fully saturated rings. The molecule has 1 aliphatic carbocycles. The van der Waals surface area contributed by atoms with Gasteiger partial charge in [-0.15, -0.1) is 0 Å². The standard InChI is InChI=1S/C11H12F2O/c12-11(13)8-3-1-2-7(4-8)10-5-9(10)6-14/h1-4,9-11,14H,5-6H2. The zero-order valence-electron chi connectivity index (χ0n) is 7.66. The third-order valence-corrected chi connectivity index (χ3v) is 2.75. The van der Waals surface area contributed by atoms with Gasteiger partial charge in [0.1, 0.15) is 0 Å². The Bertz CT molecular complexity index is 325. The van der Waals surface area contributed by atoms with Crippen LogP contribution >= 0.6 is 0 Å². The summed E-state index contributed by atoms with van der Waals surface area (Å²) in [5.74, 6) is 0.571. The van der Waals surface area contributed by atoms with E-state index in [1.807, 2.05) is 6.07 Å². The molecule has 76 valence electrons. The number of hydrogen-bond donors (Lipinski definition) is 1. The summed E-state index contributed by atoms with van der Waals surface area (Å²) in [6, 6.07) is 6.49. The SMILES string of the molecule is OCC1CC1c1cccc(C(F)F)c1. The molecular weight excluding hydrogens is 186 g/mol. The summed E-state index contributed by atoms with van der Waals surface area (Å²) in [6.45, 7) is 0.156. The van der Waals surface area contributed by atoms with Crippen LogP contribution in [0.3, 0.4) is 0 Å². The number of halogens is 2. The fraction of sp³-hybridized carbons (Fsp3) is 0.455. The molecule has 0 amide bonds. The molecule has 0 spiro atoms. The van der Waals surface area contributed by atoms with Crippen LogP contribution in [0.25, 0.3) is 0 Å². The van der Waals surface area contributed by atoms with Gasteiger partial charge in [-0.3, -0.25) is 0 Å². The summed E-state index contributed by atoms with van der Waals surface area (Å²) in [6.07, 6.45) is -1.48. The zero-order valence-corrected chi connectivity index (χ0v) is 7.66. The van der Waals surface area contributed by atoms with E-state index in [2.05, 4.69) is 0 Å². The van der Waals surface area contributed by atoms with Crippen molar-refractivity contribution in [1.29, 1.82) is 0 Å². The van der Waals surface area contributed by atoms with Crippen molar-refractivity contribution >= 4 is 0 Å². The van der Waals surface area contributed by atoms with Crippen molar-refractivity contribution in [2.24, 2.45) is 5.92 Å². The summed E-state index contributed by atoms with van der Waals surface area (Å²) in [7, 11) is 0. The molecule has 1 nitrogen and oxygen atoms in total. The highest BCUT2D eigenvalue weighted by atomic mass is 19.3. The Morgan fingerprint density at radius 1 is 1.43 bits per heavy atom. The van der Waals surface area contributed by atoms with Gasteiger partial charge in [0.25, 0.3) is 6.43 Å². The minimum atomic E-state index is -2.40. The third-order valence-electron chi connectivity index (χ3n) is 2.75. The fourth-order valence-electron chi connectivity index (χ4n) is 1.78. The molecule has 0 aliphatic heterocycles. The summed E-state index contributed by atoms with van der Waals surface area (Å²) in [5.41, 5.74) is 1.01. The van der Waals surface area contributed by atoms with Crippen LogP contribution in [-0.2, 0) is 0 Å². The predicted octanol–water partition coefficient (Wildman–Crippen LogP) is 2.72. The third kappa shape index (κ3) is 1.77. The summed E-state index contributed by atoms with van der Waals surface area (Å²) in [4.78, 5) is 0. The highest BCUT2D eigenvalue weighted by molar-refractivity contribution is 5.31. The molecule has 14 heavy (non-hydrogen) atoms. The Balaban J connectivity index is 2.15. The van der Waals surface area contributed by atoms with Crippen LogP contribution in [0.2, 0.25) is 0 Å². The largest absolute Gasteiger partial charge is 0.396 e. The monoisotopic (exact) mass is 198 g/mol. The Morgan fingerprint density at radius 3 is 2.79 bits per heavy atom. The second-order valence-corrected chi connectivity index (χ2v) is 3.76. The van der Waals surface area contributed by atoms with Gasteiger partial charge >= 0.3 is 0 Å². The van der Waals surface area contributed by atoms with Crippen LogP contribution in [0.4, 0.5) is 8.78 Å². The molecule has 1 saturated carbocycles. The highest BCUT2D eigenvalue weighted by Crippen LogP contribution is 2.47. The predicted molar refractivity (Wildman–Crippen MR) is 49.3 cm³/mol. The lowest BCUT2D eigenvalue weighted by Gasteiger charge is -2.03. The van der Waals surface area contributed by atoms with E-state index >= 15 is 0 Å². The van der Waals surface area contributed by atoms with Gasteiger partial charge in [0.05, 0.1) is 0 Å². The zero-order chi connectivity index (χ0) is 10.1. The van der Waals surface area contributed by atoms with Gasteiger partial charge in [-0.2, -0.15) is 0 Å². The maximum atomic E-state index is 12.4. The van der Waals surface area contributed by atoms with E-state index in [4.69, 9.17) is 5.11 Å². The van der Waals surface area contributed by atoms with Crippen molar-refractivity contribution in [2.75, 3.05) is 6.61 Å². The summed E-state index contributed by atoms with van der Waals surface area (Å²) < 4.78 is 24.7. The van der Waals surface area contributed by atoms with E-state index in [1.54, 1.807) is 12.1 Å². The molecule has 0 bridgehead atoms. The van der Waals surface area contributed by atoms with Crippen molar-refractivity contribution in [2.45, 2.75) is 18.8 Å².